The molecule has 0 unspecified atom stereocenters. The third kappa shape index (κ3) is 3.68. The summed E-state index contributed by atoms with van der Waals surface area (Å²) < 4.78 is 24.7. The summed E-state index contributed by atoms with van der Waals surface area (Å²) in [5.41, 5.74) is 2.43. The molecule has 0 saturated carbocycles. The van der Waals surface area contributed by atoms with Crippen molar-refractivity contribution in [1.29, 1.82) is 0 Å². The standard InChI is InChI=1S/C13H13N5O2S2/c1-22(19,20)16-12-4-2-10(3-5-12)8-18-15-13(14-17-18)11-6-7-21-9-11/h2-7,9,16H,8H2,1H3. The quantitative estimate of drug-likeness (QED) is 0.768. The predicted molar refractivity (Wildman–Crippen MR) is 85.1 cm³/mol. The van der Waals surface area contributed by atoms with Gasteiger partial charge in [0.05, 0.1) is 12.8 Å². The maximum atomic E-state index is 11.1. The lowest BCUT2D eigenvalue weighted by Crippen LogP contribution is -2.09. The lowest BCUT2D eigenvalue weighted by atomic mass is 10.2. The summed E-state index contributed by atoms with van der Waals surface area (Å²) >= 11 is 1.58. The molecule has 2 aromatic heterocycles. The second-order valence-corrected chi connectivity index (χ2v) is 7.26. The maximum Gasteiger partial charge on any atom is 0.229 e. The van der Waals surface area contributed by atoms with Crippen LogP contribution in [0.2, 0.25) is 0 Å². The van der Waals surface area contributed by atoms with Crippen molar-refractivity contribution in [1.82, 2.24) is 20.2 Å². The highest BCUT2D eigenvalue weighted by Crippen LogP contribution is 2.17. The summed E-state index contributed by atoms with van der Waals surface area (Å²) in [6.45, 7) is 0.469. The van der Waals surface area contributed by atoms with Gasteiger partial charge in [0, 0.05) is 16.6 Å². The largest absolute Gasteiger partial charge is 0.284 e. The zero-order valence-electron chi connectivity index (χ0n) is 11.7. The van der Waals surface area contributed by atoms with Crippen molar-refractivity contribution in [2.75, 3.05) is 11.0 Å². The molecule has 22 heavy (non-hydrogen) atoms. The fourth-order valence-electron chi connectivity index (χ4n) is 1.87. The molecule has 0 saturated heterocycles. The summed E-state index contributed by atoms with van der Waals surface area (Å²) in [4.78, 5) is 1.51. The van der Waals surface area contributed by atoms with E-state index in [0.29, 0.717) is 18.1 Å². The number of thiophene rings is 1. The number of tetrazole rings is 1. The molecule has 0 amide bonds. The van der Waals surface area contributed by atoms with Crippen LogP contribution in [0.15, 0.2) is 41.1 Å². The molecule has 7 nitrogen and oxygen atoms in total. The third-order valence-corrected chi connectivity index (χ3v) is 4.10. The molecule has 2 heterocycles. The Balaban J connectivity index is 1.71. The summed E-state index contributed by atoms with van der Waals surface area (Å²) in [6, 6.07) is 8.99. The van der Waals surface area contributed by atoms with Crippen molar-refractivity contribution in [3.63, 3.8) is 0 Å². The summed E-state index contributed by atoms with van der Waals surface area (Å²) in [5, 5.41) is 16.3. The van der Waals surface area contributed by atoms with Gasteiger partial charge in [-0.25, -0.2) is 8.42 Å². The number of nitrogens with one attached hydrogen (secondary N) is 1. The first-order valence-electron chi connectivity index (χ1n) is 6.37. The number of anilines is 1. The van der Waals surface area contributed by atoms with E-state index in [1.54, 1.807) is 23.5 Å². The SMILES string of the molecule is CS(=O)(=O)Nc1ccc(Cn2nnc(-c3ccsc3)n2)cc1. The number of rotatable bonds is 5. The average molecular weight is 335 g/mol. The fraction of sp³-hybridized carbons (Fsp3) is 0.154. The van der Waals surface area contributed by atoms with Crippen LogP contribution in [0.5, 0.6) is 0 Å². The van der Waals surface area contributed by atoms with E-state index in [1.165, 1.54) is 4.80 Å². The van der Waals surface area contributed by atoms with Gasteiger partial charge < -0.3 is 0 Å². The first-order valence-corrected chi connectivity index (χ1v) is 9.20. The van der Waals surface area contributed by atoms with Crippen LogP contribution in [0.4, 0.5) is 5.69 Å². The second-order valence-electron chi connectivity index (χ2n) is 4.73. The van der Waals surface area contributed by atoms with Crippen LogP contribution in [0.1, 0.15) is 5.56 Å². The van der Waals surface area contributed by atoms with Crippen LogP contribution in [0.25, 0.3) is 11.4 Å². The Morgan fingerprint density at radius 1 is 1.23 bits per heavy atom. The van der Waals surface area contributed by atoms with Gasteiger partial charge in [-0.3, -0.25) is 4.72 Å². The van der Waals surface area contributed by atoms with Crippen LogP contribution in [0.3, 0.4) is 0 Å². The van der Waals surface area contributed by atoms with E-state index in [2.05, 4.69) is 20.1 Å². The Morgan fingerprint density at radius 2 is 2.00 bits per heavy atom. The molecule has 0 radical (unpaired) electrons. The van der Waals surface area contributed by atoms with Gasteiger partial charge in [0.1, 0.15) is 0 Å². The zero-order chi connectivity index (χ0) is 15.6. The number of nitrogens with zero attached hydrogens (tertiary/aromatic N) is 4. The molecule has 114 valence electrons. The topological polar surface area (TPSA) is 89.8 Å². The molecule has 3 rings (SSSR count). The molecule has 1 N–H and O–H groups in total. The Bertz CT molecular complexity index is 854. The van der Waals surface area contributed by atoms with Gasteiger partial charge in [-0.05, 0) is 34.4 Å². The normalized spacial score (nSPS) is 11.5. The van der Waals surface area contributed by atoms with Gasteiger partial charge in [0.15, 0.2) is 0 Å². The van der Waals surface area contributed by atoms with Crippen molar-refractivity contribution in [3.05, 3.63) is 46.7 Å². The minimum Gasteiger partial charge on any atom is -0.284 e. The maximum absolute atomic E-state index is 11.1. The summed E-state index contributed by atoms with van der Waals surface area (Å²) in [5.74, 6) is 0.594. The van der Waals surface area contributed by atoms with E-state index in [1.807, 2.05) is 29.0 Å². The van der Waals surface area contributed by atoms with Crippen molar-refractivity contribution < 1.29 is 8.42 Å². The van der Waals surface area contributed by atoms with Crippen LogP contribution in [-0.2, 0) is 16.6 Å². The monoisotopic (exact) mass is 335 g/mol. The molecule has 0 spiro atoms. The van der Waals surface area contributed by atoms with E-state index in [9.17, 15) is 8.42 Å². The van der Waals surface area contributed by atoms with Crippen molar-refractivity contribution in [2.24, 2.45) is 0 Å². The van der Waals surface area contributed by atoms with Gasteiger partial charge in [0.25, 0.3) is 0 Å². The number of aromatic nitrogens is 4. The number of hydrogen-bond acceptors (Lipinski definition) is 6. The van der Waals surface area contributed by atoms with Gasteiger partial charge in [-0.1, -0.05) is 12.1 Å². The van der Waals surface area contributed by atoms with E-state index >= 15 is 0 Å². The van der Waals surface area contributed by atoms with Crippen LogP contribution < -0.4 is 4.72 Å². The Kier molecular flexibility index (Phi) is 3.90. The van der Waals surface area contributed by atoms with Gasteiger partial charge in [-0.15, -0.1) is 10.2 Å². The van der Waals surface area contributed by atoms with E-state index in [4.69, 9.17) is 0 Å². The highest BCUT2D eigenvalue weighted by molar-refractivity contribution is 7.92. The molecule has 0 atom stereocenters. The highest BCUT2D eigenvalue weighted by atomic mass is 32.2. The van der Waals surface area contributed by atoms with Crippen LogP contribution in [0, 0.1) is 0 Å². The zero-order valence-corrected chi connectivity index (χ0v) is 13.3. The molecule has 1 aromatic carbocycles. The van der Waals surface area contributed by atoms with Gasteiger partial charge >= 0.3 is 0 Å². The minimum atomic E-state index is -3.26. The van der Waals surface area contributed by atoms with E-state index in [-0.39, 0.29) is 0 Å². The van der Waals surface area contributed by atoms with Crippen molar-refractivity contribution in [2.45, 2.75) is 6.54 Å². The van der Waals surface area contributed by atoms with Gasteiger partial charge in [-0.2, -0.15) is 16.1 Å². The number of benzene rings is 1. The Labute approximate surface area is 131 Å². The molecule has 0 aliphatic heterocycles. The highest BCUT2D eigenvalue weighted by Gasteiger charge is 2.07. The molecule has 0 fully saturated rings. The first kappa shape index (κ1) is 14.7. The smallest absolute Gasteiger partial charge is 0.229 e. The minimum absolute atomic E-state index is 0.469. The second kappa shape index (κ2) is 5.85. The fourth-order valence-corrected chi connectivity index (χ4v) is 3.07. The molecule has 0 bridgehead atoms. The number of hydrogen-bond donors (Lipinski definition) is 1. The summed E-state index contributed by atoms with van der Waals surface area (Å²) in [6.07, 6.45) is 1.12. The predicted octanol–water partition coefficient (Wildman–Crippen LogP) is 1.82. The van der Waals surface area contributed by atoms with Crippen LogP contribution >= 0.6 is 11.3 Å². The average Bonchev–Trinajstić information content (AvgIpc) is 3.10. The lowest BCUT2D eigenvalue weighted by molar-refractivity contribution is 0.573. The molecule has 3 aromatic rings. The first-order chi connectivity index (χ1) is 10.5. The Hall–Kier alpha value is -2.26. The number of sulfonamides is 1. The molecule has 0 aliphatic rings. The van der Waals surface area contributed by atoms with Crippen LogP contribution in [-0.4, -0.2) is 34.9 Å². The lowest BCUT2D eigenvalue weighted by Gasteiger charge is -2.05. The van der Waals surface area contributed by atoms with Gasteiger partial charge in [0.2, 0.25) is 15.8 Å². The molecule has 0 aliphatic carbocycles. The summed E-state index contributed by atoms with van der Waals surface area (Å²) in [7, 11) is -3.26. The van der Waals surface area contributed by atoms with E-state index < -0.39 is 10.0 Å². The molecule has 9 heteroatoms. The molecular formula is C13H13N5O2S2. The van der Waals surface area contributed by atoms with Crippen molar-refractivity contribution in [3.8, 4) is 11.4 Å². The molecular weight excluding hydrogens is 322 g/mol. The Morgan fingerprint density at radius 3 is 2.64 bits per heavy atom. The van der Waals surface area contributed by atoms with Crippen molar-refractivity contribution >= 4 is 27.0 Å². The van der Waals surface area contributed by atoms with E-state index in [0.717, 1.165) is 17.4 Å². The third-order valence-electron chi connectivity index (χ3n) is 2.81.